The van der Waals surface area contributed by atoms with Gasteiger partial charge in [-0.2, -0.15) is 0 Å². The Morgan fingerprint density at radius 3 is 1.85 bits per heavy atom. The van der Waals surface area contributed by atoms with Crippen LogP contribution < -0.4 is 0 Å². The van der Waals surface area contributed by atoms with Crippen molar-refractivity contribution in [2.45, 2.75) is 52.4 Å². The summed E-state index contributed by atoms with van der Waals surface area (Å²) in [5.41, 5.74) is 6.25. The maximum atomic E-state index is 4.64. The molecule has 4 fully saturated rings. The van der Waals surface area contributed by atoms with Gasteiger partial charge in [0, 0.05) is 0 Å². The minimum atomic E-state index is 0.450. The fourth-order valence-electron chi connectivity index (χ4n) is 6.04. The first-order valence-corrected chi connectivity index (χ1v) is 8.33. The molecule has 0 atom stereocenters. The summed E-state index contributed by atoms with van der Waals surface area (Å²) in [6.45, 7) is 9.15. The van der Waals surface area contributed by atoms with E-state index in [2.05, 4.69) is 38.6 Å². The van der Waals surface area contributed by atoms with E-state index in [-0.39, 0.29) is 0 Å². The number of hydrogen-bond donors (Lipinski definition) is 0. The lowest BCUT2D eigenvalue weighted by Gasteiger charge is -2.58. The van der Waals surface area contributed by atoms with Gasteiger partial charge in [0.2, 0.25) is 0 Å². The molecule has 1 aromatic carbocycles. The van der Waals surface area contributed by atoms with Crippen LogP contribution in [-0.4, -0.2) is 0 Å². The molecule has 4 aliphatic rings. The predicted molar refractivity (Wildman–Crippen MR) is 85.6 cm³/mol. The zero-order valence-corrected chi connectivity index (χ0v) is 12.9. The highest BCUT2D eigenvalue weighted by Crippen LogP contribution is 2.64. The Morgan fingerprint density at radius 2 is 1.40 bits per heavy atom. The molecular weight excluding hydrogens is 240 g/mol. The normalized spacial score (nSPS) is 38.2. The molecule has 4 aliphatic carbocycles. The molecule has 4 bridgehead atoms. The summed E-state index contributed by atoms with van der Waals surface area (Å²) in [4.78, 5) is 0. The number of rotatable bonds is 2. The van der Waals surface area contributed by atoms with Crippen LogP contribution in [0.15, 0.2) is 24.8 Å². The van der Waals surface area contributed by atoms with E-state index < -0.39 is 0 Å². The molecule has 1 aromatic rings. The summed E-state index contributed by atoms with van der Waals surface area (Å²) in [5, 5.41) is 0. The van der Waals surface area contributed by atoms with E-state index in [1.54, 1.807) is 0 Å². The number of benzene rings is 1. The number of hydrogen-bond acceptors (Lipinski definition) is 0. The van der Waals surface area contributed by atoms with E-state index in [4.69, 9.17) is 0 Å². The molecule has 0 amide bonds. The zero-order chi connectivity index (χ0) is 13.9. The molecule has 0 saturated heterocycles. The summed E-state index contributed by atoms with van der Waals surface area (Å²) < 4.78 is 0. The van der Waals surface area contributed by atoms with E-state index in [1.807, 2.05) is 0 Å². The Labute approximate surface area is 123 Å². The van der Waals surface area contributed by atoms with E-state index >= 15 is 0 Å². The van der Waals surface area contributed by atoms with Crippen molar-refractivity contribution in [3.05, 3.63) is 41.5 Å². The second-order valence-corrected chi connectivity index (χ2v) is 7.94. The molecule has 0 N–H and O–H groups in total. The van der Waals surface area contributed by atoms with Crippen molar-refractivity contribution >= 4 is 5.57 Å². The van der Waals surface area contributed by atoms with Gasteiger partial charge in [-0.25, -0.2) is 0 Å². The van der Waals surface area contributed by atoms with Crippen molar-refractivity contribution in [3.8, 4) is 0 Å². The fraction of sp³-hybridized carbons (Fsp3) is 0.600. The van der Waals surface area contributed by atoms with Crippen LogP contribution in [0.3, 0.4) is 0 Å². The Morgan fingerprint density at radius 1 is 0.950 bits per heavy atom. The van der Waals surface area contributed by atoms with Gasteiger partial charge < -0.3 is 0 Å². The predicted octanol–water partition coefficient (Wildman–Crippen LogP) is 5.53. The third kappa shape index (κ3) is 1.73. The van der Waals surface area contributed by atoms with Crippen LogP contribution >= 0.6 is 0 Å². The highest BCUT2D eigenvalue weighted by molar-refractivity contribution is 5.73. The van der Waals surface area contributed by atoms with Crippen LogP contribution in [0.4, 0.5) is 0 Å². The van der Waals surface area contributed by atoms with E-state index in [9.17, 15) is 0 Å². The van der Waals surface area contributed by atoms with Crippen LogP contribution in [0, 0.1) is 37.0 Å². The maximum absolute atomic E-state index is 4.64. The minimum Gasteiger partial charge on any atom is -0.0946 e. The van der Waals surface area contributed by atoms with Gasteiger partial charge in [-0.1, -0.05) is 24.8 Å². The lowest BCUT2D eigenvalue weighted by molar-refractivity contribution is -0.0176. The van der Waals surface area contributed by atoms with Crippen LogP contribution in [0.5, 0.6) is 0 Å². The highest BCUT2D eigenvalue weighted by atomic mass is 14.6. The number of aryl methyl sites for hydroxylation is 2. The van der Waals surface area contributed by atoms with Gasteiger partial charge in [0.05, 0.1) is 0 Å². The summed E-state index contributed by atoms with van der Waals surface area (Å²) in [5.74, 6) is 3.01. The first-order chi connectivity index (χ1) is 9.57. The van der Waals surface area contributed by atoms with Crippen LogP contribution in [0.1, 0.15) is 55.2 Å². The molecule has 0 spiro atoms. The first kappa shape index (κ1) is 12.7. The average Bonchev–Trinajstić information content (AvgIpc) is 2.36. The van der Waals surface area contributed by atoms with E-state index in [0.717, 1.165) is 17.8 Å². The monoisotopic (exact) mass is 266 g/mol. The van der Waals surface area contributed by atoms with Crippen molar-refractivity contribution in [1.82, 2.24) is 0 Å². The molecule has 20 heavy (non-hydrogen) atoms. The second kappa shape index (κ2) is 4.23. The Kier molecular flexibility index (Phi) is 2.68. The Balaban J connectivity index is 1.75. The van der Waals surface area contributed by atoms with Crippen molar-refractivity contribution in [2.24, 2.45) is 23.2 Å². The topological polar surface area (TPSA) is 0 Å². The first-order valence-electron chi connectivity index (χ1n) is 8.33. The lowest BCUT2D eigenvalue weighted by Crippen LogP contribution is -2.46. The molecule has 106 valence electrons. The zero-order valence-electron chi connectivity index (χ0n) is 12.9. The van der Waals surface area contributed by atoms with Crippen LogP contribution in [-0.2, 0) is 0 Å². The molecule has 0 aliphatic heterocycles. The molecular formula is C20H26. The standard InChI is InChI=1S/C20H26/c1-13-5-4-6-14(2)19(13)15(3)20-10-16-7-17(11-20)9-18(8-16)12-20/h4-6,16-18H,3,7-12H2,1-2H3. The molecule has 0 nitrogen and oxygen atoms in total. The molecule has 0 heterocycles. The van der Waals surface area contributed by atoms with Gasteiger partial charge in [0.25, 0.3) is 0 Å². The summed E-state index contributed by atoms with van der Waals surface area (Å²) in [6, 6.07) is 6.70. The van der Waals surface area contributed by atoms with E-state index in [1.165, 1.54) is 60.8 Å². The second-order valence-electron chi connectivity index (χ2n) is 7.94. The Hall–Kier alpha value is -1.04. The van der Waals surface area contributed by atoms with Crippen molar-refractivity contribution in [1.29, 1.82) is 0 Å². The molecule has 0 radical (unpaired) electrons. The van der Waals surface area contributed by atoms with Gasteiger partial charge in [0.1, 0.15) is 0 Å². The molecule has 0 heteroatoms. The summed E-state index contributed by atoms with van der Waals surface area (Å²) in [6.07, 6.45) is 8.81. The van der Waals surface area contributed by atoms with E-state index in [0.29, 0.717) is 5.41 Å². The van der Waals surface area contributed by atoms with Gasteiger partial charge in [-0.05, 0) is 97.8 Å². The smallest absolute Gasteiger partial charge is 0.00388 e. The molecule has 0 unspecified atom stereocenters. The Bertz CT molecular complexity index is 508. The van der Waals surface area contributed by atoms with Crippen LogP contribution in [0.25, 0.3) is 5.57 Å². The lowest BCUT2D eigenvalue weighted by atomic mass is 9.47. The minimum absolute atomic E-state index is 0.450. The summed E-state index contributed by atoms with van der Waals surface area (Å²) in [7, 11) is 0. The van der Waals surface area contributed by atoms with Gasteiger partial charge >= 0.3 is 0 Å². The third-order valence-electron chi connectivity index (χ3n) is 6.46. The quantitative estimate of drug-likeness (QED) is 0.660. The largest absolute Gasteiger partial charge is 0.0946 e. The number of allylic oxidation sites excluding steroid dienone is 1. The van der Waals surface area contributed by atoms with Crippen LogP contribution in [0.2, 0.25) is 0 Å². The fourth-order valence-corrected chi connectivity index (χ4v) is 6.04. The van der Waals surface area contributed by atoms with Gasteiger partial charge in [0.15, 0.2) is 0 Å². The van der Waals surface area contributed by atoms with Gasteiger partial charge in [-0.3, -0.25) is 0 Å². The van der Waals surface area contributed by atoms with Crippen molar-refractivity contribution in [3.63, 3.8) is 0 Å². The maximum Gasteiger partial charge on any atom is -0.00388 e. The van der Waals surface area contributed by atoms with Gasteiger partial charge in [-0.15, -0.1) is 0 Å². The van der Waals surface area contributed by atoms with Crippen molar-refractivity contribution < 1.29 is 0 Å². The molecule has 5 rings (SSSR count). The SMILES string of the molecule is C=C(c1c(C)cccc1C)C12CC3CC(CC(C3)C1)C2. The summed E-state index contributed by atoms with van der Waals surface area (Å²) >= 11 is 0. The van der Waals surface area contributed by atoms with Crippen molar-refractivity contribution in [2.75, 3.05) is 0 Å². The molecule has 4 saturated carbocycles. The third-order valence-corrected chi connectivity index (χ3v) is 6.46. The molecule has 0 aromatic heterocycles. The average molecular weight is 266 g/mol. The highest BCUT2D eigenvalue weighted by Gasteiger charge is 2.52.